The fraction of sp³-hybridized carbons (Fsp3) is 0.167. The van der Waals surface area contributed by atoms with E-state index in [1.54, 1.807) is 11.4 Å². The van der Waals surface area contributed by atoms with Crippen molar-refractivity contribution in [3.8, 4) is 5.75 Å². The standard InChI is InChI=1S/C12H10F3NOS/c1-17-7-4-10(18-5-7)12(16)11-8(14)2-6(13)3-9(11)15/h2-5,12H,16H2,1H3. The number of ether oxygens (including phenoxy) is 1. The van der Waals surface area contributed by atoms with Crippen molar-refractivity contribution in [1.29, 1.82) is 0 Å². The van der Waals surface area contributed by atoms with Crippen molar-refractivity contribution < 1.29 is 17.9 Å². The minimum atomic E-state index is -0.993. The van der Waals surface area contributed by atoms with E-state index < -0.39 is 23.5 Å². The molecule has 0 aliphatic rings. The van der Waals surface area contributed by atoms with Crippen LogP contribution in [0.1, 0.15) is 16.5 Å². The van der Waals surface area contributed by atoms with E-state index in [-0.39, 0.29) is 5.56 Å². The molecular formula is C12H10F3NOS. The van der Waals surface area contributed by atoms with Gasteiger partial charge in [0, 0.05) is 28.0 Å². The summed E-state index contributed by atoms with van der Waals surface area (Å²) in [6, 6.07) is 1.84. The Bertz CT molecular complexity index is 547. The van der Waals surface area contributed by atoms with Gasteiger partial charge in [-0.1, -0.05) is 0 Å². The monoisotopic (exact) mass is 273 g/mol. The second-order valence-electron chi connectivity index (χ2n) is 3.65. The molecule has 1 aromatic heterocycles. The maximum Gasteiger partial charge on any atom is 0.134 e. The topological polar surface area (TPSA) is 35.2 Å². The van der Waals surface area contributed by atoms with Crippen molar-refractivity contribution in [2.75, 3.05) is 7.11 Å². The Balaban J connectivity index is 2.42. The Labute approximate surface area is 106 Å². The first-order valence-corrected chi connectivity index (χ1v) is 5.93. The maximum absolute atomic E-state index is 13.5. The fourth-order valence-electron chi connectivity index (χ4n) is 1.60. The summed E-state index contributed by atoms with van der Waals surface area (Å²) in [6.07, 6.45) is 0. The van der Waals surface area contributed by atoms with E-state index in [4.69, 9.17) is 10.5 Å². The molecule has 0 fully saturated rings. The molecule has 1 atom stereocenters. The van der Waals surface area contributed by atoms with E-state index in [0.717, 1.165) is 0 Å². The molecule has 2 nitrogen and oxygen atoms in total. The predicted molar refractivity (Wildman–Crippen MR) is 63.2 cm³/mol. The average molecular weight is 273 g/mol. The van der Waals surface area contributed by atoms with Gasteiger partial charge in [-0.2, -0.15) is 0 Å². The molecular weight excluding hydrogens is 263 g/mol. The van der Waals surface area contributed by atoms with Crippen LogP contribution in [0.4, 0.5) is 13.2 Å². The van der Waals surface area contributed by atoms with Gasteiger partial charge in [-0.05, 0) is 6.07 Å². The Morgan fingerprint density at radius 1 is 1.17 bits per heavy atom. The highest BCUT2D eigenvalue weighted by Crippen LogP contribution is 2.32. The molecule has 96 valence electrons. The third kappa shape index (κ3) is 2.34. The molecule has 18 heavy (non-hydrogen) atoms. The number of hydrogen-bond donors (Lipinski definition) is 1. The summed E-state index contributed by atoms with van der Waals surface area (Å²) in [5.41, 5.74) is 5.44. The van der Waals surface area contributed by atoms with Crippen molar-refractivity contribution in [2.45, 2.75) is 6.04 Å². The van der Waals surface area contributed by atoms with Crippen molar-refractivity contribution in [1.82, 2.24) is 0 Å². The highest BCUT2D eigenvalue weighted by Gasteiger charge is 2.21. The zero-order valence-corrected chi connectivity index (χ0v) is 10.2. The van der Waals surface area contributed by atoms with E-state index in [1.807, 2.05) is 0 Å². The Morgan fingerprint density at radius 2 is 1.78 bits per heavy atom. The van der Waals surface area contributed by atoms with Crippen LogP contribution in [0.5, 0.6) is 5.75 Å². The van der Waals surface area contributed by atoms with Gasteiger partial charge in [-0.3, -0.25) is 0 Å². The van der Waals surface area contributed by atoms with E-state index in [2.05, 4.69) is 0 Å². The second kappa shape index (κ2) is 4.99. The molecule has 2 N–H and O–H groups in total. The molecule has 0 amide bonds. The molecule has 0 aliphatic heterocycles. The van der Waals surface area contributed by atoms with Crippen LogP contribution in [0.15, 0.2) is 23.6 Å². The Hall–Kier alpha value is -1.53. The first-order chi connectivity index (χ1) is 8.52. The largest absolute Gasteiger partial charge is 0.496 e. The van der Waals surface area contributed by atoms with Gasteiger partial charge in [0.2, 0.25) is 0 Å². The second-order valence-corrected chi connectivity index (χ2v) is 4.59. The summed E-state index contributed by atoms with van der Waals surface area (Å²) in [5.74, 6) is -2.39. The van der Waals surface area contributed by atoms with E-state index in [0.29, 0.717) is 22.8 Å². The van der Waals surface area contributed by atoms with Crippen molar-refractivity contribution in [3.63, 3.8) is 0 Å². The summed E-state index contributed by atoms with van der Waals surface area (Å²) in [6.45, 7) is 0. The van der Waals surface area contributed by atoms with Crippen molar-refractivity contribution in [2.24, 2.45) is 5.73 Å². The lowest BCUT2D eigenvalue weighted by atomic mass is 10.0. The zero-order chi connectivity index (χ0) is 13.3. The smallest absolute Gasteiger partial charge is 0.134 e. The van der Waals surface area contributed by atoms with Gasteiger partial charge in [0.1, 0.15) is 23.2 Å². The summed E-state index contributed by atoms with van der Waals surface area (Å²) in [4.78, 5) is 0.538. The fourth-order valence-corrected chi connectivity index (χ4v) is 2.46. The van der Waals surface area contributed by atoms with Crippen LogP contribution in [-0.4, -0.2) is 7.11 Å². The molecule has 0 saturated carbocycles. The first kappa shape index (κ1) is 12.9. The van der Waals surface area contributed by atoms with Crippen LogP contribution in [0.2, 0.25) is 0 Å². The molecule has 1 aromatic carbocycles. The zero-order valence-electron chi connectivity index (χ0n) is 9.41. The lowest BCUT2D eigenvalue weighted by molar-refractivity contribution is 0.416. The van der Waals surface area contributed by atoms with Gasteiger partial charge < -0.3 is 10.5 Å². The molecule has 0 saturated heterocycles. The quantitative estimate of drug-likeness (QED) is 0.932. The molecule has 2 aromatic rings. The minimum absolute atomic E-state index is 0.346. The summed E-state index contributed by atoms with van der Waals surface area (Å²) < 4.78 is 44.9. The first-order valence-electron chi connectivity index (χ1n) is 5.05. The average Bonchev–Trinajstić information content (AvgIpc) is 2.75. The van der Waals surface area contributed by atoms with E-state index in [1.165, 1.54) is 18.4 Å². The van der Waals surface area contributed by atoms with Crippen LogP contribution < -0.4 is 10.5 Å². The number of hydrogen-bond acceptors (Lipinski definition) is 3. The Morgan fingerprint density at radius 3 is 2.28 bits per heavy atom. The van der Waals surface area contributed by atoms with Crippen LogP contribution in [0.25, 0.3) is 0 Å². The summed E-state index contributed by atoms with van der Waals surface area (Å²) >= 11 is 1.22. The number of thiophene rings is 1. The third-order valence-corrected chi connectivity index (χ3v) is 3.49. The van der Waals surface area contributed by atoms with Crippen molar-refractivity contribution >= 4 is 11.3 Å². The van der Waals surface area contributed by atoms with Crippen molar-refractivity contribution in [3.05, 3.63) is 51.5 Å². The highest BCUT2D eigenvalue weighted by atomic mass is 32.1. The third-order valence-electron chi connectivity index (χ3n) is 2.49. The molecule has 0 radical (unpaired) electrons. The number of benzene rings is 1. The SMILES string of the molecule is COc1csc(C(N)c2c(F)cc(F)cc2F)c1. The lowest BCUT2D eigenvalue weighted by Gasteiger charge is -2.12. The van der Waals surface area contributed by atoms with Gasteiger partial charge >= 0.3 is 0 Å². The number of rotatable bonds is 3. The van der Waals surface area contributed by atoms with Crippen LogP contribution in [0, 0.1) is 17.5 Å². The maximum atomic E-state index is 13.5. The van der Waals surface area contributed by atoms with Gasteiger partial charge in [0.25, 0.3) is 0 Å². The molecule has 1 unspecified atom stereocenters. The molecule has 2 rings (SSSR count). The number of nitrogens with two attached hydrogens (primary N) is 1. The van der Waals surface area contributed by atoms with Crippen LogP contribution in [0.3, 0.4) is 0 Å². The summed E-state index contributed by atoms with van der Waals surface area (Å²) in [7, 11) is 1.48. The summed E-state index contributed by atoms with van der Waals surface area (Å²) in [5, 5.41) is 1.68. The Kier molecular flexibility index (Phi) is 3.58. The molecule has 1 heterocycles. The molecule has 6 heteroatoms. The van der Waals surface area contributed by atoms with Gasteiger partial charge in [0.05, 0.1) is 13.2 Å². The predicted octanol–water partition coefficient (Wildman–Crippen LogP) is 3.22. The number of methoxy groups -OCH3 is 1. The van der Waals surface area contributed by atoms with Gasteiger partial charge in [0.15, 0.2) is 0 Å². The highest BCUT2D eigenvalue weighted by molar-refractivity contribution is 7.10. The van der Waals surface area contributed by atoms with Crippen LogP contribution >= 0.6 is 11.3 Å². The minimum Gasteiger partial charge on any atom is -0.496 e. The molecule has 0 bridgehead atoms. The molecule has 0 spiro atoms. The van der Waals surface area contributed by atoms with Gasteiger partial charge in [-0.15, -0.1) is 11.3 Å². The number of halogens is 3. The van der Waals surface area contributed by atoms with Gasteiger partial charge in [-0.25, -0.2) is 13.2 Å². The van der Waals surface area contributed by atoms with E-state index >= 15 is 0 Å². The lowest BCUT2D eigenvalue weighted by Crippen LogP contribution is -2.14. The molecule has 0 aliphatic carbocycles. The normalized spacial score (nSPS) is 12.5. The van der Waals surface area contributed by atoms with Crippen LogP contribution in [-0.2, 0) is 0 Å². The van der Waals surface area contributed by atoms with E-state index in [9.17, 15) is 13.2 Å².